The fourth-order valence-corrected chi connectivity index (χ4v) is 5.60. The Kier molecular flexibility index (Phi) is 7.38. The van der Waals surface area contributed by atoms with Crippen LogP contribution in [-0.4, -0.2) is 44.5 Å². The SMILES string of the molecule is COc1cc2c(cc1OC)CN(C(CC(N)=O)c1cc(S(=O)(=O)O)cc3oc4ccccc4c13)CC2.Cl. The van der Waals surface area contributed by atoms with Crippen LogP contribution >= 0.6 is 12.4 Å². The molecule has 0 aliphatic carbocycles. The largest absolute Gasteiger partial charge is 0.493 e. The molecule has 37 heavy (non-hydrogen) atoms. The molecule has 1 aliphatic heterocycles. The number of rotatable bonds is 7. The lowest BCUT2D eigenvalue weighted by Gasteiger charge is -2.36. The van der Waals surface area contributed by atoms with Gasteiger partial charge in [-0.15, -0.1) is 12.4 Å². The second-order valence-corrected chi connectivity index (χ2v) is 10.3. The molecule has 9 nitrogen and oxygen atoms in total. The van der Waals surface area contributed by atoms with Crippen LogP contribution in [0.15, 0.2) is 57.8 Å². The van der Waals surface area contributed by atoms with E-state index in [0.29, 0.717) is 53.1 Å². The molecule has 1 aromatic heterocycles. The van der Waals surface area contributed by atoms with Gasteiger partial charge in [-0.1, -0.05) is 18.2 Å². The lowest BCUT2D eigenvalue weighted by Crippen LogP contribution is -2.36. The van der Waals surface area contributed by atoms with E-state index in [0.717, 1.165) is 16.5 Å². The molecule has 1 aliphatic rings. The van der Waals surface area contributed by atoms with Crippen LogP contribution in [0.4, 0.5) is 0 Å². The van der Waals surface area contributed by atoms with Gasteiger partial charge in [0.05, 0.1) is 19.1 Å². The third-order valence-corrected chi connectivity index (χ3v) is 7.55. The number of furan rings is 1. The number of fused-ring (bicyclic) bond motifs is 4. The number of halogens is 1. The number of primary amides is 1. The van der Waals surface area contributed by atoms with Crippen molar-refractivity contribution in [3.8, 4) is 11.5 Å². The molecule has 0 spiro atoms. The number of para-hydroxylation sites is 1. The Labute approximate surface area is 220 Å². The molecule has 1 atom stereocenters. The summed E-state index contributed by atoms with van der Waals surface area (Å²) in [6.45, 7) is 1.06. The molecule has 1 amide bonds. The van der Waals surface area contributed by atoms with Crippen LogP contribution in [0.1, 0.15) is 29.2 Å². The number of nitrogens with two attached hydrogens (primary N) is 1. The van der Waals surface area contributed by atoms with E-state index in [2.05, 4.69) is 4.90 Å². The summed E-state index contributed by atoms with van der Waals surface area (Å²) in [6, 6.07) is 13.4. The number of carbonyl (C=O) groups is 1. The van der Waals surface area contributed by atoms with Gasteiger partial charge in [-0.05, 0) is 47.4 Å². The minimum Gasteiger partial charge on any atom is -0.493 e. The zero-order valence-electron chi connectivity index (χ0n) is 20.3. The Balaban J connectivity index is 0.00000320. The van der Waals surface area contributed by atoms with E-state index in [1.54, 1.807) is 20.3 Å². The molecule has 0 saturated heterocycles. The van der Waals surface area contributed by atoms with Crippen molar-refractivity contribution in [2.45, 2.75) is 30.3 Å². The number of benzene rings is 3. The number of carbonyl (C=O) groups excluding carboxylic acids is 1. The summed E-state index contributed by atoms with van der Waals surface area (Å²) in [5.74, 6) is 0.711. The van der Waals surface area contributed by atoms with Crippen LogP contribution in [0.2, 0.25) is 0 Å². The first-order valence-electron chi connectivity index (χ1n) is 11.4. The van der Waals surface area contributed by atoms with Gasteiger partial charge in [0.25, 0.3) is 10.1 Å². The molecule has 0 radical (unpaired) electrons. The molecule has 3 N–H and O–H groups in total. The molecular weight excluding hydrogens is 520 g/mol. The van der Waals surface area contributed by atoms with E-state index in [1.807, 2.05) is 30.3 Å². The molecule has 0 fully saturated rings. The topological polar surface area (TPSA) is 132 Å². The Morgan fingerprint density at radius 3 is 2.41 bits per heavy atom. The van der Waals surface area contributed by atoms with Crippen LogP contribution < -0.4 is 15.2 Å². The highest BCUT2D eigenvalue weighted by Crippen LogP contribution is 2.41. The average Bonchev–Trinajstić information content (AvgIpc) is 3.23. The summed E-state index contributed by atoms with van der Waals surface area (Å²) in [7, 11) is -1.38. The van der Waals surface area contributed by atoms with E-state index in [1.165, 1.54) is 12.1 Å². The van der Waals surface area contributed by atoms with Gasteiger partial charge >= 0.3 is 0 Å². The Bertz CT molecular complexity index is 1600. The maximum absolute atomic E-state index is 12.2. The zero-order chi connectivity index (χ0) is 25.6. The lowest BCUT2D eigenvalue weighted by atomic mass is 9.92. The van der Waals surface area contributed by atoms with E-state index in [-0.39, 0.29) is 23.7 Å². The van der Waals surface area contributed by atoms with Crippen molar-refractivity contribution >= 4 is 50.4 Å². The quantitative estimate of drug-likeness (QED) is 0.329. The van der Waals surface area contributed by atoms with Crippen LogP contribution in [-0.2, 0) is 27.9 Å². The summed E-state index contributed by atoms with van der Waals surface area (Å²) < 4.78 is 51.0. The zero-order valence-corrected chi connectivity index (χ0v) is 21.9. The third-order valence-electron chi connectivity index (χ3n) is 6.72. The maximum atomic E-state index is 12.2. The highest BCUT2D eigenvalue weighted by Gasteiger charge is 2.31. The van der Waals surface area contributed by atoms with Crippen LogP contribution in [0, 0.1) is 0 Å². The second kappa shape index (κ2) is 10.2. The van der Waals surface area contributed by atoms with E-state index < -0.39 is 22.1 Å². The van der Waals surface area contributed by atoms with Crippen LogP contribution in [0.3, 0.4) is 0 Å². The number of ether oxygens (including phenoxy) is 2. The van der Waals surface area contributed by atoms with Crippen molar-refractivity contribution in [3.05, 3.63) is 65.2 Å². The normalized spacial score (nSPS) is 14.7. The maximum Gasteiger partial charge on any atom is 0.294 e. The van der Waals surface area contributed by atoms with Gasteiger partial charge in [-0.25, -0.2) is 0 Å². The van der Waals surface area contributed by atoms with Crippen molar-refractivity contribution < 1.29 is 31.7 Å². The van der Waals surface area contributed by atoms with Crippen molar-refractivity contribution in [2.24, 2.45) is 5.73 Å². The van der Waals surface area contributed by atoms with Gasteiger partial charge in [0.2, 0.25) is 5.91 Å². The molecule has 0 saturated carbocycles. The van der Waals surface area contributed by atoms with Crippen molar-refractivity contribution in [1.29, 1.82) is 0 Å². The molecule has 2 heterocycles. The van der Waals surface area contributed by atoms with E-state index in [9.17, 15) is 17.8 Å². The van der Waals surface area contributed by atoms with Crippen LogP contribution in [0.25, 0.3) is 21.9 Å². The summed E-state index contributed by atoms with van der Waals surface area (Å²) in [5.41, 5.74) is 9.21. The van der Waals surface area contributed by atoms with E-state index >= 15 is 0 Å². The number of methoxy groups -OCH3 is 2. The lowest BCUT2D eigenvalue weighted by molar-refractivity contribution is -0.119. The number of amides is 1. The molecule has 0 bridgehead atoms. The molecule has 11 heteroatoms. The predicted molar refractivity (Wildman–Crippen MR) is 141 cm³/mol. The number of nitrogens with zero attached hydrogens (tertiary/aromatic N) is 1. The molecule has 196 valence electrons. The van der Waals surface area contributed by atoms with Gasteiger partial charge in [0.15, 0.2) is 11.5 Å². The monoisotopic (exact) mass is 546 g/mol. The van der Waals surface area contributed by atoms with Gasteiger partial charge in [-0.3, -0.25) is 14.2 Å². The van der Waals surface area contributed by atoms with Gasteiger partial charge < -0.3 is 19.6 Å². The molecule has 1 unspecified atom stereocenters. The van der Waals surface area contributed by atoms with Crippen molar-refractivity contribution in [2.75, 3.05) is 20.8 Å². The van der Waals surface area contributed by atoms with Gasteiger partial charge in [-0.2, -0.15) is 8.42 Å². The first-order chi connectivity index (χ1) is 17.2. The Morgan fingerprint density at radius 2 is 1.76 bits per heavy atom. The smallest absolute Gasteiger partial charge is 0.294 e. The molecule has 4 aromatic rings. The van der Waals surface area contributed by atoms with Gasteiger partial charge in [0, 0.05) is 42.4 Å². The summed E-state index contributed by atoms with van der Waals surface area (Å²) >= 11 is 0. The highest BCUT2D eigenvalue weighted by molar-refractivity contribution is 7.85. The van der Waals surface area contributed by atoms with Gasteiger partial charge in [0.1, 0.15) is 11.2 Å². The number of hydrogen-bond donors (Lipinski definition) is 2. The summed E-state index contributed by atoms with van der Waals surface area (Å²) in [6.07, 6.45) is 0.629. The van der Waals surface area contributed by atoms with Crippen LogP contribution in [0.5, 0.6) is 11.5 Å². The summed E-state index contributed by atoms with van der Waals surface area (Å²) in [5, 5.41) is 1.46. The number of hydrogen-bond acceptors (Lipinski definition) is 7. The summed E-state index contributed by atoms with van der Waals surface area (Å²) in [4.78, 5) is 14.0. The standard InChI is InChI=1S/C26H26N2O7S.ClH/c1-33-22-9-15-7-8-28(14-16(15)10-23(22)34-2)20(13-25(27)29)19-11-17(36(30,31)32)12-24-26(19)18-5-3-4-6-21(18)35-24;/h3-6,9-12,20H,7-8,13-14H2,1-2H3,(H2,27,29)(H,30,31,32);1H. The third kappa shape index (κ3) is 4.97. The first kappa shape index (κ1) is 26.7. The fraction of sp³-hybridized carbons (Fsp3) is 0.269. The second-order valence-electron chi connectivity index (χ2n) is 8.84. The molecule has 3 aromatic carbocycles. The molecular formula is C26H27ClN2O7S. The van der Waals surface area contributed by atoms with Crippen molar-refractivity contribution in [3.63, 3.8) is 0 Å². The van der Waals surface area contributed by atoms with Crippen molar-refractivity contribution in [1.82, 2.24) is 4.90 Å². The fourth-order valence-electron chi connectivity index (χ4n) is 5.07. The minimum atomic E-state index is -4.54. The predicted octanol–water partition coefficient (Wildman–Crippen LogP) is 4.25. The Hall–Kier alpha value is -3.31. The molecule has 5 rings (SSSR count). The minimum absolute atomic E-state index is 0. The highest BCUT2D eigenvalue weighted by atomic mass is 35.5. The average molecular weight is 547 g/mol. The van der Waals surface area contributed by atoms with E-state index in [4.69, 9.17) is 19.6 Å². The first-order valence-corrected chi connectivity index (χ1v) is 12.8. The Morgan fingerprint density at radius 1 is 1.08 bits per heavy atom.